The van der Waals surface area contributed by atoms with E-state index in [4.69, 9.17) is 4.84 Å². The van der Waals surface area contributed by atoms with Gasteiger partial charge in [-0.1, -0.05) is 6.42 Å². The Morgan fingerprint density at radius 1 is 1.00 bits per heavy atom. The molecule has 3 aliphatic heterocycles. The summed E-state index contributed by atoms with van der Waals surface area (Å²) in [6.45, 7) is 0.987. The number of thioether (sulfide) groups is 1. The Hall–Kier alpha value is -2.50. The van der Waals surface area contributed by atoms with Gasteiger partial charge >= 0.3 is 18.0 Å². The summed E-state index contributed by atoms with van der Waals surface area (Å²) in [6, 6.07) is 0.117. The van der Waals surface area contributed by atoms with Crippen molar-refractivity contribution in [1.82, 2.24) is 26.3 Å². The highest BCUT2D eigenvalue weighted by atomic mass is 32.2. The van der Waals surface area contributed by atoms with Gasteiger partial charge in [0.1, 0.15) is 0 Å². The summed E-state index contributed by atoms with van der Waals surface area (Å²) < 4.78 is 0. The number of hydrogen-bond donors (Lipinski definition) is 4. The SMILES string of the molecule is O=C(NCCCCC(=O)ON1C(=O)CCC1=O)NCCCC[C@@H]1SC[C@@H]2NC(=O)N[C@@H]21. The smallest absolute Gasteiger partial charge is 0.333 e. The molecule has 11 nitrogen and oxygen atoms in total. The lowest BCUT2D eigenvalue weighted by molar-refractivity contribution is -0.197. The van der Waals surface area contributed by atoms with Gasteiger partial charge in [0.15, 0.2) is 0 Å². The number of fused-ring (bicyclic) bond motifs is 1. The van der Waals surface area contributed by atoms with Crippen LogP contribution < -0.4 is 21.3 Å². The van der Waals surface area contributed by atoms with Crippen molar-refractivity contribution >= 4 is 41.6 Å². The fourth-order valence-corrected chi connectivity index (χ4v) is 5.32. The molecule has 3 atom stereocenters. The minimum absolute atomic E-state index is 0.0668. The van der Waals surface area contributed by atoms with Gasteiger partial charge in [-0.05, 0) is 25.7 Å². The van der Waals surface area contributed by atoms with Crippen molar-refractivity contribution in [1.29, 1.82) is 0 Å². The first-order valence-electron chi connectivity index (χ1n) is 10.7. The Bertz CT molecular complexity index is 704. The first-order chi connectivity index (χ1) is 14.9. The number of urea groups is 2. The van der Waals surface area contributed by atoms with Crippen LogP contribution in [0.4, 0.5) is 9.59 Å². The van der Waals surface area contributed by atoms with Crippen LogP contribution in [0, 0.1) is 0 Å². The Balaban J connectivity index is 1.15. The Morgan fingerprint density at radius 3 is 2.39 bits per heavy atom. The third-order valence-corrected chi connectivity index (χ3v) is 6.94. The summed E-state index contributed by atoms with van der Waals surface area (Å²) in [7, 11) is 0. The standard InChI is InChI=1S/C19H29N5O6S/c25-14-7-8-15(26)24(14)30-16(27)6-2-4-10-21-18(28)20-9-3-1-5-13-17-12(11-31-13)22-19(29)23-17/h12-13,17H,1-11H2,(H2,20,21,28)(H2,22,23,29)/t12-,13-,17-/m0/s1. The highest BCUT2D eigenvalue weighted by molar-refractivity contribution is 8.00. The van der Waals surface area contributed by atoms with E-state index in [1.165, 1.54) is 0 Å². The normalized spacial score (nSPS) is 24.6. The van der Waals surface area contributed by atoms with Crippen LogP contribution in [0.3, 0.4) is 0 Å². The zero-order valence-corrected chi connectivity index (χ0v) is 18.1. The van der Waals surface area contributed by atoms with Crippen LogP contribution in [0.25, 0.3) is 0 Å². The van der Waals surface area contributed by atoms with E-state index in [2.05, 4.69) is 21.3 Å². The van der Waals surface area contributed by atoms with Crippen LogP contribution in [-0.4, -0.2) is 71.1 Å². The molecule has 3 heterocycles. The van der Waals surface area contributed by atoms with Gasteiger partial charge in [-0.25, -0.2) is 14.4 Å². The van der Waals surface area contributed by atoms with Crippen molar-refractivity contribution in [3.8, 4) is 0 Å². The molecule has 0 aromatic carbocycles. The van der Waals surface area contributed by atoms with Gasteiger partial charge in [-0.3, -0.25) is 9.59 Å². The predicted molar refractivity (Wildman–Crippen MR) is 112 cm³/mol. The molecular formula is C19H29N5O6S. The number of carbonyl (C=O) groups is 5. The molecule has 6 amide bonds. The van der Waals surface area contributed by atoms with Crippen LogP contribution in [0.15, 0.2) is 0 Å². The second kappa shape index (κ2) is 11.2. The van der Waals surface area contributed by atoms with Crippen LogP contribution in [0.1, 0.15) is 51.4 Å². The maximum Gasteiger partial charge on any atom is 0.333 e. The lowest BCUT2D eigenvalue weighted by Crippen LogP contribution is -2.37. The highest BCUT2D eigenvalue weighted by Crippen LogP contribution is 2.32. The maximum atomic E-state index is 11.8. The van der Waals surface area contributed by atoms with Crippen molar-refractivity contribution in [2.75, 3.05) is 18.8 Å². The van der Waals surface area contributed by atoms with E-state index < -0.39 is 17.8 Å². The van der Waals surface area contributed by atoms with Crippen molar-refractivity contribution in [3.63, 3.8) is 0 Å². The van der Waals surface area contributed by atoms with Crippen LogP contribution in [0.2, 0.25) is 0 Å². The van der Waals surface area contributed by atoms with E-state index in [-0.39, 0.29) is 43.4 Å². The number of rotatable bonds is 11. The summed E-state index contributed by atoms with van der Waals surface area (Å²) in [6.07, 6.45) is 4.10. The molecule has 172 valence electrons. The molecule has 12 heteroatoms. The molecular weight excluding hydrogens is 426 g/mol. The predicted octanol–water partition coefficient (Wildman–Crippen LogP) is 0.399. The summed E-state index contributed by atoms with van der Waals surface area (Å²) in [5.74, 6) is -0.677. The van der Waals surface area contributed by atoms with E-state index in [0.29, 0.717) is 36.2 Å². The third-order valence-electron chi connectivity index (χ3n) is 5.43. The summed E-state index contributed by atoms with van der Waals surface area (Å²) in [4.78, 5) is 62.4. The number of nitrogens with zero attached hydrogens (tertiary/aromatic N) is 1. The average molecular weight is 456 g/mol. The molecule has 0 aliphatic carbocycles. The third kappa shape index (κ3) is 6.74. The molecule has 0 unspecified atom stereocenters. The fraction of sp³-hybridized carbons (Fsp3) is 0.737. The molecule has 0 bridgehead atoms. The van der Waals surface area contributed by atoms with E-state index in [9.17, 15) is 24.0 Å². The van der Waals surface area contributed by atoms with Crippen molar-refractivity contribution in [2.45, 2.75) is 68.7 Å². The second-order valence-electron chi connectivity index (χ2n) is 7.80. The maximum absolute atomic E-state index is 11.8. The minimum Gasteiger partial charge on any atom is -0.338 e. The van der Waals surface area contributed by atoms with Gasteiger partial charge in [-0.2, -0.15) is 11.8 Å². The van der Waals surface area contributed by atoms with Gasteiger partial charge in [-0.15, -0.1) is 5.06 Å². The molecule has 4 N–H and O–H groups in total. The first-order valence-corrected chi connectivity index (χ1v) is 11.8. The van der Waals surface area contributed by atoms with Gasteiger partial charge in [0, 0.05) is 43.4 Å². The molecule has 3 saturated heterocycles. The molecule has 0 radical (unpaired) electrons. The molecule has 0 spiro atoms. The summed E-state index contributed by atoms with van der Waals surface area (Å²) in [5, 5.41) is 12.4. The van der Waals surface area contributed by atoms with Gasteiger partial charge in [0.05, 0.1) is 12.1 Å². The second-order valence-corrected chi connectivity index (χ2v) is 9.07. The Labute approximate surface area is 184 Å². The van der Waals surface area contributed by atoms with Crippen molar-refractivity contribution in [2.24, 2.45) is 0 Å². The van der Waals surface area contributed by atoms with E-state index >= 15 is 0 Å². The number of hydrogen-bond acceptors (Lipinski definition) is 7. The Kier molecular flexibility index (Phi) is 8.38. The summed E-state index contributed by atoms with van der Waals surface area (Å²) in [5.41, 5.74) is 0. The van der Waals surface area contributed by atoms with Gasteiger partial charge in [0.25, 0.3) is 11.8 Å². The van der Waals surface area contributed by atoms with Crippen molar-refractivity contribution < 1.29 is 28.8 Å². The number of unbranched alkanes of at least 4 members (excludes halogenated alkanes) is 2. The molecule has 3 rings (SSSR count). The molecule has 0 aromatic rings. The van der Waals surface area contributed by atoms with E-state index in [1.807, 2.05) is 11.8 Å². The average Bonchev–Trinajstić information content (AvgIpc) is 3.37. The molecule has 0 saturated carbocycles. The number of hydroxylamine groups is 2. The lowest BCUT2D eigenvalue weighted by Gasteiger charge is -2.16. The van der Waals surface area contributed by atoms with E-state index in [0.717, 1.165) is 25.0 Å². The number of nitrogens with one attached hydrogen (secondary N) is 4. The zero-order chi connectivity index (χ0) is 22.2. The van der Waals surface area contributed by atoms with Crippen LogP contribution in [0.5, 0.6) is 0 Å². The largest absolute Gasteiger partial charge is 0.338 e. The number of carbonyl (C=O) groups excluding carboxylic acids is 5. The minimum atomic E-state index is -0.632. The van der Waals surface area contributed by atoms with E-state index in [1.54, 1.807) is 0 Å². The van der Waals surface area contributed by atoms with Crippen LogP contribution >= 0.6 is 11.8 Å². The quantitative estimate of drug-likeness (QED) is 0.200. The number of imide groups is 1. The fourth-order valence-electron chi connectivity index (χ4n) is 3.78. The molecule has 3 aliphatic rings. The Morgan fingerprint density at radius 2 is 1.68 bits per heavy atom. The van der Waals surface area contributed by atoms with Gasteiger partial charge < -0.3 is 26.1 Å². The first kappa shape index (κ1) is 23.2. The molecule has 3 fully saturated rings. The monoisotopic (exact) mass is 455 g/mol. The topological polar surface area (TPSA) is 146 Å². The van der Waals surface area contributed by atoms with Crippen molar-refractivity contribution in [3.05, 3.63) is 0 Å². The highest BCUT2D eigenvalue weighted by Gasteiger charge is 2.42. The van der Waals surface area contributed by atoms with Crippen LogP contribution in [-0.2, 0) is 19.2 Å². The number of amides is 6. The van der Waals surface area contributed by atoms with Gasteiger partial charge in [0.2, 0.25) is 0 Å². The zero-order valence-electron chi connectivity index (χ0n) is 17.3. The molecule has 0 aromatic heterocycles. The summed E-state index contributed by atoms with van der Waals surface area (Å²) >= 11 is 1.88. The lowest BCUT2D eigenvalue weighted by atomic mass is 10.0. The molecule has 31 heavy (non-hydrogen) atoms.